The van der Waals surface area contributed by atoms with Crippen LogP contribution in [0.1, 0.15) is 5.69 Å². The number of nitrogen functional groups attached to an aromatic ring is 1. The molecular weight excluding hydrogens is 178 g/mol. The molecule has 0 saturated carbocycles. The van der Waals surface area contributed by atoms with Gasteiger partial charge in [0.15, 0.2) is 5.95 Å². The Bertz CT molecular complexity index is 462. The maximum Gasteiger partial charge on any atom is 0.198 e. The van der Waals surface area contributed by atoms with Gasteiger partial charge in [-0.25, -0.2) is 4.98 Å². The summed E-state index contributed by atoms with van der Waals surface area (Å²) in [5.74, 6) is 0.615. The molecule has 0 bridgehead atoms. The van der Waals surface area contributed by atoms with Gasteiger partial charge in [-0.15, -0.1) is 0 Å². The van der Waals surface area contributed by atoms with E-state index in [1.54, 1.807) is 18.2 Å². The van der Waals surface area contributed by atoms with Crippen LogP contribution < -0.4 is 5.73 Å². The molecule has 0 aliphatic heterocycles. The van der Waals surface area contributed by atoms with Gasteiger partial charge in [-0.1, -0.05) is 12.1 Å². The first-order valence-corrected chi connectivity index (χ1v) is 4.28. The zero-order valence-electron chi connectivity index (χ0n) is 7.78. The number of anilines is 1. The summed E-state index contributed by atoms with van der Waals surface area (Å²) < 4.78 is 0. The predicted molar refractivity (Wildman–Crippen MR) is 54.8 cm³/mol. The third kappa shape index (κ3) is 1.42. The molecule has 0 aliphatic rings. The number of aromatic hydroxyl groups is 1. The number of nitrogens with zero attached hydrogens (tertiary/aromatic N) is 1. The third-order valence-electron chi connectivity index (χ3n) is 2.02. The summed E-state index contributed by atoms with van der Waals surface area (Å²) in [7, 11) is 0. The van der Waals surface area contributed by atoms with Crippen molar-refractivity contribution in [2.75, 3.05) is 5.73 Å². The molecule has 0 amide bonds. The maximum atomic E-state index is 9.30. The van der Waals surface area contributed by atoms with Crippen molar-refractivity contribution in [1.29, 1.82) is 0 Å². The first kappa shape index (κ1) is 8.62. The molecule has 0 aliphatic carbocycles. The normalized spacial score (nSPS) is 10.4. The van der Waals surface area contributed by atoms with Gasteiger partial charge in [-0.05, 0) is 19.1 Å². The molecule has 1 aromatic carbocycles. The van der Waals surface area contributed by atoms with Crippen LogP contribution in [-0.4, -0.2) is 15.1 Å². The van der Waals surface area contributed by atoms with Crippen molar-refractivity contribution in [2.45, 2.75) is 6.92 Å². The number of benzene rings is 1. The molecule has 4 nitrogen and oxygen atoms in total. The molecule has 0 saturated heterocycles. The Hall–Kier alpha value is -1.97. The van der Waals surface area contributed by atoms with E-state index in [1.165, 1.54) is 0 Å². The maximum absolute atomic E-state index is 9.30. The average molecular weight is 189 g/mol. The second-order valence-electron chi connectivity index (χ2n) is 3.15. The van der Waals surface area contributed by atoms with Crippen LogP contribution in [0.4, 0.5) is 5.95 Å². The molecule has 0 fully saturated rings. The summed E-state index contributed by atoms with van der Waals surface area (Å²) in [5.41, 5.74) is 8.06. The van der Waals surface area contributed by atoms with Gasteiger partial charge in [-0.3, -0.25) is 0 Å². The fourth-order valence-corrected chi connectivity index (χ4v) is 1.42. The summed E-state index contributed by atoms with van der Waals surface area (Å²) in [6, 6.07) is 6.93. The summed E-state index contributed by atoms with van der Waals surface area (Å²) in [6.07, 6.45) is 0. The standard InChI is InChI=1S/C10H11N3O/c1-6-9(13-10(11)12-6)7-3-2-4-8(14)5-7/h2-5,14H,1H3,(H3,11,12,13). The molecule has 4 heteroatoms. The number of nitrogens with two attached hydrogens (primary N) is 1. The molecular formula is C10H11N3O. The second-order valence-corrected chi connectivity index (χ2v) is 3.15. The zero-order chi connectivity index (χ0) is 10.1. The second kappa shape index (κ2) is 3.06. The van der Waals surface area contributed by atoms with Crippen molar-refractivity contribution in [3.8, 4) is 17.0 Å². The highest BCUT2D eigenvalue weighted by Gasteiger charge is 2.06. The van der Waals surface area contributed by atoms with Crippen LogP contribution >= 0.6 is 0 Å². The Morgan fingerprint density at radius 1 is 1.43 bits per heavy atom. The Balaban J connectivity index is 2.54. The highest BCUT2D eigenvalue weighted by atomic mass is 16.3. The SMILES string of the molecule is Cc1[nH]c(N)nc1-c1cccc(O)c1. The molecule has 14 heavy (non-hydrogen) atoms. The van der Waals surface area contributed by atoms with Crippen LogP contribution in [-0.2, 0) is 0 Å². The number of hydrogen-bond donors (Lipinski definition) is 3. The van der Waals surface area contributed by atoms with Crippen LogP contribution in [0.3, 0.4) is 0 Å². The molecule has 2 aromatic rings. The lowest BCUT2D eigenvalue weighted by molar-refractivity contribution is 0.475. The van der Waals surface area contributed by atoms with Gasteiger partial charge < -0.3 is 15.8 Å². The lowest BCUT2D eigenvalue weighted by atomic mass is 10.1. The van der Waals surface area contributed by atoms with Gasteiger partial charge in [0.2, 0.25) is 0 Å². The van der Waals surface area contributed by atoms with E-state index in [9.17, 15) is 5.11 Å². The smallest absolute Gasteiger partial charge is 0.198 e. The number of nitrogens with one attached hydrogen (secondary N) is 1. The van der Waals surface area contributed by atoms with Gasteiger partial charge >= 0.3 is 0 Å². The summed E-state index contributed by atoms with van der Waals surface area (Å²) in [4.78, 5) is 7.04. The Kier molecular flexibility index (Phi) is 1.89. The number of aromatic nitrogens is 2. The number of imidazole rings is 1. The highest BCUT2D eigenvalue weighted by molar-refractivity contribution is 5.64. The minimum absolute atomic E-state index is 0.225. The first-order chi connectivity index (χ1) is 6.66. The minimum Gasteiger partial charge on any atom is -0.508 e. The van der Waals surface area contributed by atoms with Crippen molar-refractivity contribution in [3.05, 3.63) is 30.0 Å². The van der Waals surface area contributed by atoms with E-state index in [-0.39, 0.29) is 5.75 Å². The predicted octanol–water partition coefficient (Wildman–Crippen LogP) is 1.67. The van der Waals surface area contributed by atoms with E-state index in [2.05, 4.69) is 9.97 Å². The largest absolute Gasteiger partial charge is 0.508 e. The molecule has 2 rings (SSSR count). The topological polar surface area (TPSA) is 74.9 Å². The van der Waals surface area contributed by atoms with E-state index in [1.807, 2.05) is 13.0 Å². The molecule has 0 atom stereocenters. The quantitative estimate of drug-likeness (QED) is 0.638. The Morgan fingerprint density at radius 2 is 2.21 bits per heavy atom. The Morgan fingerprint density at radius 3 is 2.79 bits per heavy atom. The molecule has 0 radical (unpaired) electrons. The van der Waals surface area contributed by atoms with Crippen LogP contribution in [0.15, 0.2) is 24.3 Å². The number of H-pyrrole nitrogens is 1. The van der Waals surface area contributed by atoms with E-state index >= 15 is 0 Å². The summed E-state index contributed by atoms with van der Waals surface area (Å²) in [6.45, 7) is 1.89. The van der Waals surface area contributed by atoms with E-state index < -0.39 is 0 Å². The monoisotopic (exact) mass is 189 g/mol. The lowest BCUT2D eigenvalue weighted by Crippen LogP contribution is -1.85. The fraction of sp³-hybridized carbons (Fsp3) is 0.100. The van der Waals surface area contributed by atoms with Gasteiger partial charge in [0.05, 0.1) is 5.69 Å². The fourth-order valence-electron chi connectivity index (χ4n) is 1.42. The summed E-state index contributed by atoms with van der Waals surface area (Å²) >= 11 is 0. The number of hydrogen-bond acceptors (Lipinski definition) is 3. The van der Waals surface area contributed by atoms with E-state index in [0.717, 1.165) is 17.0 Å². The summed E-state index contributed by atoms with van der Waals surface area (Å²) in [5, 5.41) is 9.30. The lowest BCUT2D eigenvalue weighted by Gasteiger charge is -1.98. The number of phenols is 1. The van der Waals surface area contributed by atoms with Crippen molar-refractivity contribution in [3.63, 3.8) is 0 Å². The molecule has 0 spiro atoms. The molecule has 72 valence electrons. The molecule has 1 aromatic heterocycles. The van der Waals surface area contributed by atoms with Crippen molar-refractivity contribution < 1.29 is 5.11 Å². The van der Waals surface area contributed by atoms with Crippen molar-refractivity contribution >= 4 is 5.95 Å². The highest BCUT2D eigenvalue weighted by Crippen LogP contribution is 2.24. The van der Waals surface area contributed by atoms with Gasteiger partial charge in [0.25, 0.3) is 0 Å². The number of aromatic amines is 1. The average Bonchev–Trinajstić information content (AvgIpc) is 2.45. The number of aryl methyl sites for hydroxylation is 1. The number of phenolic OH excluding ortho intramolecular Hbond substituents is 1. The zero-order valence-corrected chi connectivity index (χ0v) is 7.78. The first-order valence-electron chi connectivity index (χ1n) is 4.28. The van der Waals surface area contributed by atoms with E-state index in [0.29, 0.717) is 5.95 Å². The van der Waals surface area contributed by atoms with Crippen LogP contribution in [0.25, 0.3) is 11.3 Å². The van der Waals surface area contributed by atoms with Crippen molar-refractivity contribution in [2.24, 2.45) is 0 Å². The number of rotatable bonds is 1. The van der Waals surface area contributed by atoms with Gasteiger partial charge in [0.1, 0.15) is 5.75 Å². The molecule has 1 heterocycles. The Labute approximate surface area is 81.4 Å². The molecule has 4 N–H and O–H groups in total. The molecule has 0 unspecified atom stereocenters. The minimum atomic E-state index is 0.225. The van der Waals surface area contributed by atoms with Crippen LogP contribution in [0, 0.1) is 6.92 Å². The van der Waals surface area contributed by atoms with Gasteiger partial charge in [0, 0.05) is 11.3 Å². The van der Waals surface area contributed by atoms with E-state index in [4.69, 9.17) is 5.73 Å². The third-order valence-corrected chi connectivity index (χ3v) is 2.02. The van der Waals surface area contributed by atoms with Crippen LogP contribution in [0.5, 0.6) is 5.75 Å². The van der Waals surface area contributed by atoms with Crippen molar-refractivity contribution in [1.82, 2.24) is 9.97 Å². The van der Waals surface area contributed by atoms with Crippen LogP contribution in [0.2, 0.25) is 0 Å². The van der Waals surface area contributed by atoms with Gasteiger partial charge in [-0.2, -0.15) is 0 Å².